The third-order valence-corrected chi connectivity index (χ3v) is 3.65. The number of carbonyl (C=O) groups is 1. The van der Waals surface area contributed by atoms with Gasteiger partial charge in [0.2, 0.25) is 0 Å². The van der Waals surface area contributed by atoms with Crippen molar-refractivity contribution in [2.45, 2.75) is 31.1 Å². The van der Waals surface area contributed by atoms with Gasteiger partial charge < -0.3 is 10.6 Å². The maximum absolute atomic E-state index is 13.7. The van der Waals surface area contributed by atoms with E-state index < -0.39 is 35.5 Å². The number of nitrogens with two attached hydrogens (primary N) is 1. The molecule has 1 saturated heterocycles. The normalized spacial score (nSPS) is 23.2. The zero-order valence-corrected chi connectivity index (χ0v) is 11.6. The number of halogens is 5. The molecule has 0 spiro atoms. The number of benzene rings is 1. The topological polar surface area (TPSA) is 46.3 Å². The van der Waals surface area contributed by atoms with Crippen LogP contribution in [0.5, 0.6) is 0 Å². The van der Waals surface area contributed by atoms with E-state index in [2.05, 4.69) is 0 Å². The van der Waals surface area contributed by atoms with Gasteiger partial charge in [0, 0.05) is 17.6 Å². The quantitative estimate of drug-likeness (QED) is 0.807. The van der Waals surface area contributed by atoms with Crippen molar-refractivity contribution < 1.29 is 22.4 Å². The molecule has 8 heteroatoms. The minimum Gasteiger partial charge on any atom is -0.326 e. The van der Waals surface area contributed by atoms with E-state index in [4.69, 9.17) is 17.3 Å². The van der Waals surface area contributed by atoms with E-state index in [1.165, 1.54) is 6.07 Å². The molecular weight excluding hydrogens is 312 g/mol. The predicted octanol–water partition coefficient (Wildman–Crippen LogP) is 2.97. The van der Waals surface area contributed by atoms with Crippen LogP contribution in [0.3, 0.4) is 0 Å². The van der Waals surface area contributed by atoms with Crippen LogP contribution in [0, 0.1) is 5.82 Å². The molecular formula is C13H13ClF4N2O. The number of hydrogen-bond donors (Lipinski definition) is 1. The van der Waals surface area contributed by atoms with Crippen LogP contribution in [0.2, 0.25) is 5.02 Å². The molecule has 0 saturated carbocycles. The van der Waals surface area contributed by atoms with Gasteiger partial charge >= 0.3 is 6.18 Å². The average molecular weight is 325 g/mol. The summed E-state index contributed by atoms with van der Waals surface area (Å²) in [5.41, 5.74) is 5.15. The Kier molecular flexibility index (Phi) is 4.43. The number of carbonyl (C=O) groups excluding carboxylic acids is 1. The third kappa shape index (κ3) is 3.47. The Morgan fingerprint density at radius 2 is 2.00 bits per heavy atom. The maximum atomic E-state index is 13.7. The first kappa shape index (κ1) is 16.0. The molecule has 1 aromatic rings. The molecule has 0 unspecified atom stereocenters. The highest BCUT2D eigenvalue weighted by Gasteiger charge is 2.48. The molecule has 1 amide bonds. The summed E-state index contributed by atoms with van der Waals surface area (Å²) in [6, 6.07) is 0.670. The maximum Gasteiger partial charge on any atom is 0.408 e. The Morgan fingerprint density at radius 3 is 2.62 bits per heavy atom. The molecule has 2 atom stereocenters. The van der Waals surface area contributed by atoms with Crippen LogP contribution in [0.4, 0.5) is 17.6 Å². The van der Waals surface area contributed by atoms with Gasteiger partial charge in [-0.25, -0.2) is 4.39 Å². The third-order valence-electron chi connectivity index (χ3n) is 3.42. The number of amides is 1. The zero-order valence-electron chi connectivity index (χ0n) is 10.8. The van der Waals surface area contributed by atoms with Gasteiger partial charge in [0.05, 0.1) is 5.56 Å². The van der Waals surface area contributed by atoms with E-state index in [0.717, 1.165) is 12.1 Å². The fourth-order valence-corrected chi connectivity index (χ4v) is 2.55. The number of hydrogen-bond acceptors (Lipinski definition) is 2. The molecule has 0 radical (unpaired) electrons. The van der Waals surface area contributed by atoms with Crippen LogP contribution < -0.4 is 5.73 Å². The molecule has 0 aliphatic carbocycles. The van der Waals surface area contributed by atoms with Gasteiger partial charge in [0.15, 0.2) is 0 Å². The van der Waals surface area contributed by atoms with E-state index >= 15 is 0 Å². The molecule has 2 N–H and O–H groups in total. The highest BCUT2D eigenvalue weighted by molar-refractivity contribution is 6.31. The fourth-order valence-electron chi connectivity index (χ4n) is 2.38. The largest absolute Gasteiger partial charge is 0.408 e. The molecule has 2 rings (SSSR count). The average Bonchev–Trinajstić information content (AvgIpc) is 2.39. The number of likely N-dealkylation sites (tertiary alicyclic amines) is 1. The van der Waals surface area contributed by atoms with Gasteiger partial charge in [-0.05, 0) is 31.0 Å². The predicted molar refractivity (Wildman–Crippen MR) is 69.5 cm³/mol. The van der Waals surface area contributed by atoms with Crippen molar-refractivity contribution in [1.82, 2.24) is 4.90 Å². The van der Waals surface area contributed by atoms with Crippen LogP contribution in [-0.2, 0) is 0 Å². The summed E-state index contributed by atoms with van der Waals surface area (Å²) in [6.07, 6.45) is -4.71. The van der Waals surface area contributed by atoms with Crippen molar-refractivity contribution in [1.29, 1.82) is 0 Å². The summed E-state index contributed by atoms with van der Waals surface area (Å²) in [4.78, 5) is 12.8. The number of nitrogens with zero attached hydrogens (tertiary/aromatic N) is 1. The lowest BCUT2D eigenvalue weighted by Gasteiger charge is -2.39. The van der Waals surface area contributed by atoms with Gasteiger partial charge in [-0.2, -0.15) is 13.2 Å². The lowest BCUT2D eigenvalue weighted by Crippen LogP contribution is -2.56. The fraction of sp³-hybridized carbons (Fsp3) is 0.462. The Hall–Kier alpha value is -1.34. The number of piperidine rings is 1. The smallest absolute Gasteiger partial charge is 0.326 e. The lowest BCUT2D eigenvalue weighted by molar-refractivity contribution is -0.184. The summed E-state index contributed by atoms with van der Waals surface area (Å²) < 4.78 is 52.7. The molecule has 1 fully saturated rings. The van der Waals surface area contributed by atoms with Crippen LogP contribution in [0.25, 0.3) is 0 Å². The highest BCUT2D eigenvalue weighted by atomic mass is 35.5. The van der Waals surface area contributed by atoms with Crippen molar-refractivity contribution in [3.8, 4) is 0 Å². The zero-order chi connectivity index (χ0) is 15.8. The van der Waals surface area contributed by atoms with Gasteiger partial charge in [-0.1, -0.05) is 11.6 Å². The molecule has 21 heavy (non-hydrogen) atoms. The summed E-state index contributed by atoms with van der Waals surface area (Å²) in [5, 5.41) is 0.0737. The van der Waals surface area contributed by atoms with Crippen molar-refractivity contribution in [3.05, 3.63) is 34.6 Å². The minimum atomic E-state index is -4.58. The first-order valence-corrected chi connectivity index (χ1v) is 6.66. The van der Waals surface area contributed by atoms with Gasteiger partial charge in [0.25, 0.3) is 5.91 Å². The molecule has 1 aliphatic rings. The highest BCUT2D eigenvalue weighted by Crippen LogP contribution is 2.33. The minimum absolute atomic E-state index is 0.0737. The van der Waals surface area contributed by atoms with Gasteiger partial charge in [-0.3, -0.25) is 4.79 Å². The Morgan fingerprint density at radius 1 is 1.33 bits per heavy atom. The van der Waals surface area contributed by atoms with E-state index in [1.807, 2.05) is 0 Å². The van der Waals surface area contributed by atoms with E-state index in [9.17, 15) is 22.4 Å². The Balaban J connectivity index is 2.35. The number of alkyl halides is 3. The summed E-state index contributed by atoms with van der Waals surface area (Å²) in [6.45, 7) is -0.269. The summed E-state index contributed by atoms with van der Waals surface area (Å²) >= 11 is 5.67. The Bertz CT molecular complexity index is 549. The van der Waals surface area contributed by atoms with Crippen LogP contribution in [-0.4, -0.2) is 35.6 Å². The second-order valence-electron chi connectivity index (χ2n) is 4.98. The standard InChI is InChI=1S/C13H13ClF4N2O/c14-7-1-3-10(15)9(5-7)12(21)20-6-8(19)2-4-11(20)13(16,17)18/h1,3,5,8,11H,2,4,6,19H2/t8-,11-/m0/s1. The van der Waals surface area contributed by atoms with Crippen molar-refractivity contribution >= 4 is 17.5 Å². The lowest BCUT2D eigenvalue weighted by atomic mass is 9.97. The molecule has 0 aromatic heterocycles. The SMILES string of the molecule is N[C@H]1CC[C@@H](C(F)(F)F)N(C(=O)c2cc(Cl)ccc2F)C1. The van der Waals surface area contributed by atoms with Crippen molar-refractivity contribution in [2.24, 2.45) is 5.73 Å². The number of rotatable bonds is 1. The van der Waals surface area contributed by atoms with Crippen molar-refractivity contribution in [3.63, 3.8) is 0 Å². The van der Waals surface area contributed by atoms with Crippen LogP contribution in [0.1, 0.15) is 23.2 Å². The van der Waals surface area contributed by atoms with E-state index in [1.54, 1.807) is 0 Å². The molecule has 1 aromatic carbocycles. The first-order chi connectivity index (χ1) is 9.70. The summed E-state index contributed by atoms with van der Waals surface area (Å²) in [5.74, 6) is -1.96. The molecule has 1 aliphatic heterocycles. The van der Waals surface area contributed by atoms with Crippen LogP contribution >= 0.6 is 11.6 Å². The second kappa shape index (κ2) is 5.81. The monoisotopic (exact) mass is 324 g/mol. The summed E-state index contributed by atoms with van der Waals surface area (Å²) in [7, 11) is 0. The van der Waals surface area contributed by atoms with Gasteiger partial charge in [0.1, 0.15) is 11.9 Å². The first-order valence-electron chi connectivity index (χ1n) is 6.28. The molecule has 116 valence electrons. The molecule has 0 bridgehead atoms. The molecule has 1 heterocycles. The van der Waals surface area contributed by atoms with Crippen molar-refractivity contribution in [2.75, 3.05) is 6.54 Å². The Labute approximate surface area is 123 Å². The second-order valence-corrected chi connectivity index (χ2v) is 5.41. The van der Waals surface area contributed by atoms with Gasteiger partial charge in [-0.15, -0.1) is 0 Å². The van der Waals surface area contributed by atoms with E-state index in [-0.39, 0.29) is 24.4 Å². The van der Waals surface area contributed by atoms with E-state index in [0.29, 0.717) is 4.90 Å². The molecule has 3 nitrogen and oxygen atoms in total. The van der Waals surface area contributed by atoms with Crippen LogP contribution in [0.15, 0.2) is 18.2 Å².